The first-order valence-corrected chi connectivity index (χ1v) is 9.57. The van der Waals surface area contributed by atoms with Crippen LogP contribution in [0, 0.1) is 12.8 Å². The van der Waals surface area contributed by atoms with Gasteiger partial charge in [0.1, 0.15) is 0 Å². The molecule has 1 aliphatic rings. The fourth-order valence-corrected chi connectivity index (χ4v) is 3.14. The van der Waals surface area contributed by atoms with E-state index < -0.39 is 0 Å². The second kappa shape index (κ2) is 10.7. The summed E-state index contributed by atoms with van der Waals surface area (Å²) in [5.74, 6) is -0.542. The smallest absolute Gasteiger partial charge is 0.241 e. The van der Waals surface area contributed by atoms with Crippen molar-refractivity contribution in [1.29, 1.82) is 0 Å². The maximum Gasteiger partial charge on any atom is 0.241 e. The van der Waals surface area contributed by atoms with Crippen LogP contribution >= 0.6 is 0 Å². The first-order chi connectivity index (χ1) is 13.0. The van der Waals surface area contributed by atoms with Gasteiger partial charge in [-0.25, -0.2) is 0 Å². The standard InChI is InChI=1S/C20H30N4O3/c1-15-4-6-16(7-5-15)8-9-18(25)23-13-19(26)24-12-2-3-17(14-24)20(27)22-11-10-21/h4-7,17H,2-3,8-14,21H2,1H3,(H,22,27)(H,23,25). The molecule has 148 valence electrons. The lowest BCUT2D eigenvalue weighted by molar-refractivity contribution is -0.136. The van der Waals surface area contributed by atoms with E-state index in [1.54, 1.807) is 4.90 Å². The topological polar surface area (TPSA) is 105 Å². The van der Waals surface area contributed by atoms with E-state index in [2.05, 4.69) is 10.6 Å². The van der Waals surface area contributed by atoms with Gasteiger partial charge in [-0.1, -0.05) is 29.8 Å². The van der Waals surface area contributed by atoms with Crippen LogP contribution in [0.25, 0.3) is 0 Å². The number of piperidine rings is 1. The summed E-state index contributed by atoms with van der Waals surface area (Å²) in [4.78, 5) is 38.1. The number of hydrogen-bond donors (Lipinski definition) is 3. The molecule has 1 atom stereocenters. The fraction of sp³-hybridized carbons (Fsp3) is 0.550. The highest BCUT2D eigenvalue weighted by Gasteiger charge is 2.28. The maximum atomic E-state index is 12.4. The molecule has 7 heteroatoms. The summed E-state index contributed by atoms with van der Waals surface area (Å²) in [5, 5.41) is 5.47. The van der Waals surface area contributed by atoms with E-state index in [1.807, 2.05) is 31.2 Å². The third-order valence-electron chi connectivity index (χ3n) is 4.79. The van der Waals surface area contributed by atoms with Crippen molar-refractivity contribution >= 4 is 17.7 Å². The van der Waals surface area contributed by atoms with Crippen molar-refractivity contribution in [2.45, 2.75) is 32.6 Å². The zero-order chi connectivity index (χ0) is 19.6. The van der Waals surface area contributed by atoms with Gasteiger partial charge in [-0.3, -0.25) is 14.4 Å². The Morgan fingerprint density at radius 1 is 1.19 bits per heavy atom. The molecule has 0 aliphatic carbocycles. The summed E-state index contributed by atoms with van der Waals surface area (Å²) in [6.45, 7) is 3.86. The molecule has 4 N–H and O–H groups in total. The van der Waals surface area contributed by atoms with Gasteiger partial charge in [0.05, 0.1) is 12.5 Å². The van der Waals surface area contributed by atoms with Gasteiger partial charge in [0.15, 0.2) is 0 Å². The maximum absolute atomic E-state index is 12.4. The van der Waals surface area contributed by atoms with Crippen LogP contribution in [0.4, 0.5) is 0 Å². The Labute approximate surface area is 160 Å². The van der Waals surface area contributed by atoms with Gasteiger partial charge in [0, 0.05) is 32.6 Å². The van der Waals surface area contributed by atoms with E-state index in [0.29, 0.717) is 39.0 Å². The SMILES string of the molecule is Cc1ccc(CCC(=O)NCC(=O)N2CCCC(C(=O)NCCN)C2)cc1. The number of rotatable bonds is 8. The summed E-state index contributed by atoms with van der Waals surface area (Å²) < 4.78 is 0. The fourth-order valence-electron chi connectivity index (χ4n) is 3.14. The average molecular weight is 374 g/mol. The van der Waals surface area contributed by atoms with Crippen LogP contribution in [0.3, 0.4) is 0 Å². The number of carbonyl (C=O) groups excluding carboxylic acids is 3. The normalized spacial score (nSPS) is 16.7. The highest BCUT2D eigenvalue weighted by molar-refractivity contribution is 5.85. The molecular formula is C20H30N4O3. The molecule has 0 saturated carbocycles. The van der Waals surface area contributed by atoms with E-state index in [0.717, 1.165) is 18.4 Å². The van der Waals surface area contributed by atoms with Crippen molar-refractivity contribution in [3.63, 3.8) is 0 Å². The number of likely N-dealkylation sites (tertiary alicyclic amines) is 1. The molecule has 1 unspecified atom stereocenters. The number of nitrogens with two attached hydrogens (primary N) is 1. The lowest BCUT2D eigenvalue weighted by atomic mass is 9.97. The molecule has 1 fully saturated rings. The van der Waals surface area contributed by atoms with Crippen LogP contribution < -0.4 is 16.4 Å². The van der Waals surface area contributed by atoms with Gasteiger partial charge >= 0.3 is 0 Å². The van der Waals surface area contributed by atoms with E-state index in [-0.39, 0.29) is 30.2 Å². The summed E-state index contributed by atoms with van der Waals surface area (Å²) in [7, 11) is 0. The number of carbonyl (C=O) groups is 3. The number of nitrogens with zero attached hydrogens (tertiary/aromatic N) is 1. The predicted molar refractivity (Wildman–Crippen MR) is 104 cm³/mol. The molecule has 7 nitrogen and oxygen atoms in total. The van der Waals surface area contributed by atoms with Crippen LogP contribution in [-0.2, 0) is 20.8 Å². The van der Waals surface area contributed by atoms with Crippen molar-refractivity contribution in [3.8, 4) is 0 Å². The number of amides is 3. The molecule has 0 radical (unpaired) electrons. The molecular weight excluding hydrogens is 344 g/mol. The molecule has 1 aromatic carbocycles. The van der Waals surface area contributed by atoms with Crippen molar-refractivity contribution in [2.75, 3.05) is 32.7 Å². The minimum atomic E-state index is -0.202. The third-order valence-corrected chi connectivity index (χ3v) is 4.79. The van der Waals surface area contributed by atoms with Gasteiger partial charge in [-0.15, -0.1) is 0 Å². The lowest BCUT2D eigenvalue weighted by Gasteiger charge is -2.32. The van der Waals surface area contributed by atoms with E-state index in [9.17, 15) is 14.4 Å². The molecule has 1 saturated heterocycles. The predicted octanol–water partition coefficient (Wildman–Crippen LogP) is 0.357. The van der Waals surface area contributed by atoms with Gasteiger partial charge < -0.3 is 21.3 Å². The molecule has 3 amide bonds. The molecule has 0 spiro atoms. The largest absolute Gasteiger partial charge is 0.355 e. The Hall–Kier alpha value is -2.41. The number of aryl methyl sites for hydroxylation is 2. The van der Waals surface area contributed by atoms with Crippen LogP contribution in [0.2, 0.25) is 0 Å². The highest BCUT2D eigenvalue weighted by Crippen LogP contribution is 2.16. The zero-order valence-electron chi connectivity index (χ0n) is 16.0. The van der Waals surface area contributed by atoms with Crippen molar-refractivity contribution < 1.29 is 14.4 Å². The molecule has 1 heterocycles. The molecule has 27 heavy (non-hydrogen) atoms. The third kappa shape index (κ3) is 7.02. The zero-order valence-corrected chi connectivity index (χ0v) is 16.0. The summed E-state index contributed by atoms with van der Waals surface area (Å²) >= 11 is 0. The van der Waals surface area contributed by atoms with E-state index in [4.69, 9.17) is 5.73 Å². The van der Waals surface area contributed by atoms with Crippen LogP contribution in [0.15, 0.2) is 24.3 Å². The minimum Gasteiger partial charge on any atom is -0.355 e. The Balaban J connectivity index is 1.71. The summed E-state index contributed by atoms with van der Waals surface area (Å²) in [5.41, 5.74) is 7.69. The molecule has 0 aromatic heterocycles. The average Bonchev–Trinajstić information content (AvgIpc) is 2.69. The first kappa shape index (κ1) is 20.9. The van der Waals surface area contributed by atoms with Gasteiger partial charge in [-0.2, -0.15) is 0 Å². The Kier molecular flexibility index (Phi) is 8.26. The van der Waals surface area contributed by atoms with Gasteiger partial charge in [-0.05, 0) is 31.7 Å². The van der Waals surface area contributed by atoms with Crippen molar-refractivity contribution in [3.05, 3.63) is 35.4 Å². The molecule has 1 aliphatic heterocycles. The monoisotopic (exact) mass is 374 g/mol. The summed E-state index contributed by atoms with van der Waals surface area (Å²) in [6, 6.07) is 8.06. The van der Waals surface area contributed by atoms with Crippen LogP contribution in [0.5, 0.6) is 0 Å². The van der Waals surface area contributed by atoms with E-state index >= 15 is 0 Å². The molecule has 1 aromatic rings. The Bertz CT molecular complexity index is 645. The second-order valence-corrected chi connectivity index (χ2v) is 7.02. The summed E-state index contributed by atoms with van der Waals surface area (Å²) in [6.07, 6.45) is 2.55. The van der Waals surface area contributed by atoms with E-state index in [1.165, 1.54) is 5.56 Å². The van der Waals surface area contributed by atoms with Crippen molar-refractivity contribution in [2.24, 2.45) is 11.7 Å². The van der Waals surface area contributed by atoms with Gasteiger partial charge in [0.25, 0.3) is 0 Å². The molecule has 2 rings (SSSR count). The number of hydrogen-bond acceptors (Lipinski definition) is 4. The number of benzene rings is 1. The van der Waals surface area contributed by atoms with Crippen molar-refractivity contribution in [1.82, 2.24) is 15.5 Å². The first-order valence-electron chi connectivity index (χ1n) is 9.57. The van der Waals surface area contributed by atoms with Crippen LogP contribution in [-0.4, -0.2) is 55.3 Å². The second-order valence-electron chi connectivity index (χ2n) is 7.02. The lowest BCUT2D eigenvalue weighted by Crippen LogP contribution is -2.48. The Morgan fingerprint density at radius 2 is 1.93 bits per heavy atom. The van der Waals surface area contributed by atoms with Crippen LogP contribution in [0.1, 0.15) is 30.4 Å². The minimum absolute atomic E-state index is 0.0239. The quantitative estimate of drug-likeness (QED) is 0.611. The molecule has 0 bridgehead atoms. The Morgan fingerprint density at radius 3 is 2.63 bits per heavy atom. The highest BCUT2D eigenvalue weighted by atomic mass is 16.2. The number of nitrogens with one attached hydrogen (secondary N) is 2. The van der Waals surface area contributed by atoms with Gasteiger partial charge in [0.2, 0.25) is 17.7 Å².